The van der Waals surface area contributed by atoms with Crippen molar-refractivity contribution in [2.24, 2.45) is 0 Å². The summed E-state index contributed by atoms with van der Waals surface area (Å²) in [4.78, 5) is 12.6. The zero-order chi connectivity index (χ0) is 19.9. The SMILES string of the molecule is N#C/C(=C\c1ccc(O)c(Br)c1)C(=O)Nc1ccccc1Oc1ccccc1. The first-order valence-electron chi connectivity index (χ1n) is 8.30. The average molecular weight is 435 g/mol. The van der Waals surface area contributed by atoms with Gasteiger partial charge in [0.2, 0.25) is 0 Å². The number of ether oxygens (including phenoxy) is 1. The number of phenolic OH excluding ortho intramolecular Hbond substituents is 1. The number of phenols is 1. The summed E-state index contributed by atoms with van der Waals surface area (Å²) in [6, 6.07) is 22.8. The minimum absolute atomic E-state index is 0.0760. The first kappa shape index (κ1) is 19.2. The van der Waals surface area contributed by atoms with Crippen molar-refractivity contribution in [3.63, 3.8) is 0 Å². The van der Waals surface area contributed by atoms with Gasteiger partial charge in [-0.3, -0.25) is 4.79 Å². The Labute approximate surface area is 170 Å². The molecule has 0 spiro atoms. The number of benzene rings is 3. The number of carbonyl (C=O) groups excluding carboxylic acids is 1. The third kappa shape index (κ3) is 4.78. The maximum absolute atomic E-state index is 12.6. The van der Waals surface area contributed by atoms with E-state index < -0.39 is 5.91 Å². The molecule has 3 aromatic rings. The molecule has 2 N–H and O–H groups in total. The van der Waals surface area contributed by atoms with Gasteiger partial charge in [-0.2, -0.15) is 5.26 Å². The Hall–Kier alpha value is -3.56. The van der Waals surface area contributed by atoms with Crippen molar-refractivity contribution in [2.75, 3.05) is 5.32 Å². The topological polar surface area (TPSA) is 82.3 Å². The molecule has 6 heteroatoms. The standard InChI is InChI=1S/C22H15BrN2O3/c23-18-13-15(10-11-20(18)26)12-16(14-24)22(27)25-19-8-4-5-9-21(19)28-17-6-2-1-3-7-17/h1-13,26H,(H,25,27)/b16-12+. The van der Waals surface area contributed by atoms with E-state index in [0.717, 1.165) is 0 Å². The highest BCUT2D eigenvalue weighted by Gasteiger charge is 2.13. The van der Waals surface area contributed by atoms with Gasteiger partial charge < -0.3 is 15.2 Å². The van der Waals surface area contributed by atoms with Crippen LogP contribution in [0.15, 0.2) is 82.8 Å². The summed E-state index contributed by atoms with van der Waals surface area (Å²) in [7, 11) is 0. The van der Waals surface area contributed by atoms with Crippen molar-refractivity contribution in [3.05, 3.63) is 88.4 Å². The summed E-state index contributed by atoms with van der Waals surface area (Å²) in [6.07, 6.45) is 1.44. The summed E-state index contributed by atoms with van der Waals surface area (Å²) < 4.78 is 6.29. The molecule has 0 unspecified atom stereocenters. The lowest BCUT2D eigenvalue weighted by Crippen LogP contribution is -2.14. The van der Waals surface area contributed by atoms with Crippen molar-refractivity contribution in [1.82, 2.24) is 0 Å². The molecule has 0 aliphatic rings. The number of hydrogen-bond acceptors (Lipinski definition) is 4. The van der Waals surface area contributed by atoms with Crippen molar-refractivity contribution < 1.29 is 14.6 Å². The Bertz CT molecular complexity index is 1070. The zero-order valence-electron chi connectivity index (χ0n) is 14.6. The molecule has 0 saturated heterocycles. The number of hydrogen-bond donors (Lipinski definition) is 2. The average Bonchev–Trinajstić information content (AvgIpc) is 2.71. The van der Waals surface area contributed by atoms with Gasteiger partial charge in [-0.15, -0.1) is 0 Å². The van der Waals surface area contributed by atoms with E-state index in [4.69, 9.17) is 4.74 Å². The predicted octanol–water partition coefficient (Wildman–Crippen LogP) is 5.49. The number of nitrogens with zero attached hydrogens (tertiary/aromatic N) is 1. The number of halogens is 1. The van der Waals surface area contributed by atoms with Crippen LogP contribution in [-0.2, 0) is 4.79 Å². The van der Waals surface area contributed by atoms with E-state index in [2.05, 4.69) is 21.2 Å². The smallest absolute Gasteiger partial charge is 0.266 e. The van der Waals surface area contributed by atoms with E-state index in [1.807, 2.05) is 36.4 Å². The van der Waals surface area contributed by atoms with Crippen LogP contribution in [0, 0.1) is 11.3 Å². The molecular weight excluding hydrogens is 420 g/mol. The lowest BCUT2D eigenvalue weighted by Gasteiger charge is -2.12. The molecule has 0 saturated carbocycles. The van der Waals surface area contributed by atoms with Gasteiger partial charge in [-0.05, 0) is 64.0 Å². The molecule has 0 radical (unpaired) electrons. The zero-order valence-corrected chi connectivity index (χ0v) is 16.2. The number of anilines is 1. The largest absolute Gasteiger partial charge is 0.507 e. The summed E-state index contributed by atoms with van der Waals surface area (Å²) in [5.41, 5.74) is 0.974. The summed E-state index contributed by atoms with van der Waals surface area (Å²) in [6.45, 7) is 0. The number of nitrogens with one attached hydrogen (secondary N) is 1. The fourth-order valence-corrected chi connectivity index (χ4v) is 2.79. The number of aromatic hydroxyl groups is 1. The van der Waals surface area contributed by atoms with E-state index >= 15 is 0 Å². The van der Waals surface area contributed by atoms with Crippen LogP contribution in [0.4, 0.5) is 5.69 Å². The minimum atomic E-state index is -0.559. The van der Waals surface area contributed by atoms with Crippen LogP contribution in [0.1, 0.15) is 5.56 Å². The Kier molecular flexibility index (Phi) is 6.10. The second-order valence-electron chi connectivity index (χ2n) is 5.75. The molecule has 28 heavy (non-hydrogen) atoms. The van der Waals surface area contributed by atoms with Crippen molar-refractivity contribution in [3.8, 4) is 23.3 Å². The van der Waals surface area contributed by atoms with Gasteiger partial charge in [0.25, 0.3) is 5.91 Å². The van der Waals surface area contributed by atoms with E-state index in [-0.39, 0.29) is 11.3 Å². The van der Waals surface area contributed by atoms with Crippen molar-refractivity contribution in [1.29, 1.82) is 5.26 Å². The maximum atomic E-state index is 12.6. The third-order valence-corrected chi connectivity index (χ3v) is 4.39. The molecule has 0 aliphatic heterocycles. The number of rotatable bonds is 5. The summed E-state index contributed by atoms with van der Waals surface area (Å²) in [5.74, 6) is 0.615. The lowest BCUT2D eigenvalue weighted by atomic mass is 10.1. The highest BCUT2D eigenvalue weighted by atomic mass is 79.9. The van der Waals surface area contributed by atoms with Gasteiger partial charge in [-0.1, -0.05) is 36.4 Å². The molecule has 0 bridgehead atoms. The second kappa shape index (κ2) is 8.89. The summed E-state index contributed by atoms with van der Waals surface area (Å²) in [5, 5.41) is 21.7. The van der Waals surface area contributed by atoms with E-state index in [9.17, 15) is 15.2 Å². The van der Waals surface area contributed by atoms with Crippen LogP contribution in [0.3, 0.4) is 0 Å². The molecule has 0 fully saturated rings. The number of para-hydroxylation sites is 3. The van der Waals surface area contributed by atoms with E-state index in [1.54, 1.807) is 36.4 Å². The first-order valence-corrected chi connectivity index (χ1v) is 9.09. The fourth-order valence-electron chi connectivity index (χ4n) is 2.39. The molecule has 3 rings (SSSR count). The van der Waals surface area contributed by atoms with Gasteiger partial charge in [0.15, 0.2) is 5.75 Å². The minimum Gasteiger partial charge on any atom is -0.507 e. The predicted molar refractivity (Wildman–Crippen MR) is 111 cm³/mol. The Balaban J connectivity index is 1.82. The molecule has 3 aromatic carbocycles. The quantitative estimate of drug-likeness (QED) is 0.410. The maximum Gasteiger partial charge on any atom is 0.266 e. The highest BCUT2D eigenvalue weighted by Crippen LogP contribution is 2.30. The molecule has 5 nitrogen and oxygen atoms in total. The Morgan fingerprint density at radius 1 is 1.07 bits per heavy atom. The van der Waals surface area contributed by atoms with Gasteiger partial charge in [0, 0.05) is 0 Å². The molecule has 138 valence electrons. The summed E-state index contributed by atoms with van der Waals surface area (Å²) >= 11 is 3.21. The second-order valence-corrected chi connectivity index (χ2v) is 6.60. The van der Waals surface area contributed by atoms with Crippen molar-refractivity contribution in [2.45, 2.75) is 0 Å². The van der Waals surface area contributed by atoms with Gasteiger partial charge in [0.1, 0.15) is 23.1 Å². The van der Waals surface area contributed by atoms with Crippen LogP contribution in [0.5, 0.6) is 17.2 Å². The lowest BCUT2D eigenvalue weighted by molar-refractivity contribution is -0.112. The van der Waals surface area contributed by atoms with Gasteiger partial charge in [0.05, 0.1) is 10.2 Å². The van der Waals surface area contributed by atoms with Crippen LogP contribution in [-0.4, -0.2) is 11.0 Å². The Morgan fingerprint density at radius 2 is 1.79 bits per heavy atom. The first-order chi connectivity index (χ1) is 13.6. The molecule has 0 atom stereocenters. The Morgan fingerprint density at radius 3 is 2.50 bits per heavy atom. The van der Waals surface area contributed by atoms with E-state index in [1.165, 1.54) is 12.1 Å². The molecule has 0 aromatic heterocycles. The van der Waals surface area contributed by atoms with Crippen LogP contribution in [0.2, 0.25) is 0 Å². The van der Waals surface area contributed by atoms with Crippen LogP contribution < -0.4 is 10.1 Å². The third-order valence-electron chi connectivity index (χ3n) is 3.75. The van der Waals surface area contributed by atoms with Gasteiger partial charge >= 0.3 is 0 Å². The van der Waals surface area contributed by atoms with Crippen molar-refractivity contribution >= 4 is 33.6 Å². The number of nitriles is 1. The van der Waals surface area contributed by atoms with Gasteiger partial charge in [-0.25, -0.2) is 0 Å². The number of carbonyl (C=O) groups is 1. The molecule has 0 aliphatic carbocycles. The molecule has 0 heterocycles. The molecular formula is C22H15BrN2O3. The highest BCUT2D eigenvalue weighted by molar-refractivity contribution is 9.10. The number of amides is 1. The monoisotopic (exact) mass is 434 g/mol. The normalized spacial score (nSPS) is 10.8. The van der Waals surface area contributed by atoms with Crippen LogP contribution in [0.25, 0.3) is 6.08 Å². The molecule has 1 amide bonds. The fraction of sp³-hybridized carbons (Fsp3) is 0. The van der Waals surface area contributed by atoms with Crippen LogP contribution >= 0.6 is 15.9 Å². The van der Waals surface area contributed by atoms with E-state index in [0.29, 0.717) is 27.2 Å².